The van der Waals surface area contributed by atoms with Crippen LogP contribution in [0, 0.1) is 6.92 Å². The molecule has 0 saturated heterocycles. The number of thiophene rings is 1. The van der Waals surface area contributed by atoms with Crippen molar-refractivity contribution in [1.82, 2.24) is 29.5 Å². The van der Waals surface area contributed by atoms with E-state index in [0.717, 1.165) is 78.8 Å². The fraction of sp³-hybridized carbons (Fsp3) is 0.243. The molecule has 1 amide bonds. The number of nitrogens with zero attached hydrogens (tertiary/aromatic N) is 6. The molecule has 0 spiro atoms. The average Bonchev–Trinajstić information content (AvgIpc) is 3.67. The van der Waals surface area contributed by atoms with Crippen molar-refractivity contribution < 1.29 is 14.3 Å². The van der Waals surface area contributed by atoms with Crippen LogP contribution < -0.4 is 14.8 Å². The fourth-order valence-corrected chi connectivity index (χ4v) is 7.13. The van der Waals surface area contributed by atoms with E-state index in [1.807, 2.05) is 102 Å². The van der Waals surface area contributed by atoms with E-state index in [2.05, 4.69) is 26.4 Å². The predicted molar refractivity (Wildman–Crippen MR) is 191 cm³/mol. The van der Waals surface area contributed by atoms with Crippen LogP contribution in [-0.4, -0.2) is 69.8 Å². The normalized spacial score (nSPS) is 13.1. The first kappa shape index (κ1) is 31.3. The number of anilines is 2. The fourth-order valence-electron chi connectivity index (χ4n) is 5.93. The van der Waals surface area contributed by atoms with E-state index in [1.54, 1.807) is 30.8 Å². The smallest absolute Gasteiger partial charge is 0.246 e. The molecule has 1 N–H and O–H groups in total. The Hall–Kier alpha value is -5.26. The van der Waals surface area contributed by atoms with E-state index in [1.165, 1.54) is 5.56 Å². The van der Waals surface area contributed by atoms with Crippen LogP contribution in [0.2, 0.25) is 0 Å². The van der Waals surface area contributed by atoms with Gasteiger partial charge in [-0.15, -0.1) is 11.3 Å². The molecule has 0 aliphatic carbocycles. The first-order chi connectivity index (χ1) is 23.3. The van der Waals surface area contributed by atoms with E-state index >= 15 is 0 Å². The molecule has 0 bridgehead atoms. The molecule has 1 aliphatic rings. The quantitative estimate of drug-likeness (QED) is 0.158. The standard InChI is InChI=1S/C37H37N7O3S/c1-24-18-27(41-36-35-30-15-17-43(34(45)6-5-16-42(2)3)22-33(30)48-37(35)39-23-38-36)10-14-32(24)47-29-13-9-26-20-40-44(31(26)19-29)21-25-7-11-28(46-4)12-8-25/h5-14,18-20,23H,15-17,21-22H2,1-4H3,(H,38,39,41)/b6-5+. The van der Waals surface area contributed by atoms with Gasteiger partial charge in [0.1, 0.15) is 34.2 Å². The van der Waals surface area contributed by atoms with Crippen molar-refractivity contribution in [2.45, 2.75) is 26.4 Å². The van der Waals surface area contributed by atoms with Crippen molar-refractivity contribution in [2.75, 3.05) is 39.6 Å². The molecular weight excluding hydrogens is 623 g/mol. The maximum absolute atomic E-state index is 12.8. The summed E-state index contributed by atoms with van der Waals surface area (Å²) in [6.45, 7) is 4.66. The third-order valence-corrected chi connectivity index (χ3v) is 9.58. The third-order valence-electron chi connectivity index (χ3n) is 8.45. The minimum atomic E-state index is 0.0429. The van der Waals surface area contributed by atoms with Crippen LogP contribution in [0.1, 0.15) is 21.6 Å². The molecule has 3 aromatic carbocycles. The van der Waals surface area contributed by atoms with Gasteiger partial charge in [-0.3, -0.25) is 9.48 Å². The Kier molecular flexibility index (Phi) is 8.79. The molecule has 1 aliphatic heterocycles. The van der Waals surface area contributed by atoms with Crippen molar-refractivity contribution >= 4 is 49.9 Å². The molecule has 244 valence electrons. The number of hydrogen-bond donors (Lipinski definition) is 1. The topological polar surface area (TPSA) is 97.6 Å². The number of carbonyl (C=O) groups excluding carboxylic acids is 1. The Balaban J connectivity index is 1.06. The Bertz CT molecular complexity index is 2140. The SMILES string of the molecule is COc1ccc(Cn2ncc3ccc(Oc4ccc(Nc5ncnc6sc7c(c56)CCN(C(=O)/C=C/CN(C)C)C7)cc4C)cc32)cc1. The van der Waals surface area contributed by atoms with Gasteiger partial charge in [0, 0.05) is 41.2 Å². The number of aryl methyl sites for hydroxylation is 1. The van der Waals surface area contributed by atoms with Crippen LogP contribution in [0.3, 0.4) is 0 Å². The van der Waals surface area contributed by atoms with Crippen molar-refractivity contribution in [3.63, 3.8) is 0 Å². The van der Waals surface area contributed by atoms with Crippen LogP contribution in [0.15, 0.2) is 85.3 Å². The van der Waals surface area contributed by atoms with Crippen molar-refractivity contribution in [1.29, 1.82) is 0 Å². The molecule has 6 aromatic rings. The number of methoxy groups -OCH3 is 1. The van der Waals surface area contributed by atoms with Crippen molar-refractivity contribution in [3.8, 4) is 17.2 Å². The second-order valence-corrected chi connectivity index (χ2v) is 13.2. The second-order valence-electron chi connectivity index (χ2n) is 12.2. The van der Waals surface area contributed by atoms with Crippen molar-refractivity contribution in [3.05, 3.63) is 107 Å². The summed E-state index contributed by atoms with van der Waals surface area (Å²) >= 11 is 1.64. The summed E-state index contributed by atoms with van der Waals surface area (Å²) in [5.74, 6) is 3.16. The largest absolute Gasteiger partial charge is 0.497 e. The number of nitrogens with one attached hydrogen (secondary N) is 1. The van der Waals surface area contributed by atoms with Crippen LogP contribution in [0.25, 0.3) is 21.1 Å². The maximum Gasteiger partial charge on any atom is 0.246 e. The van der Waals surface area contributed by atoms with Crippen molar-refractivity contribution in [2.24, 2.45) is 0 Å². The minimum absolute atomic E-state index is 0.0429. The molecule has 11 heteroatoms. The number of fused-ring (bicyclic) bond motifs is 4. The van der Waals surface area contributed by atoms with Gasteiger partial charge >= 0.3 is 0 Å². The van der Waals surface area contributed by atoms with E-state index in [9.17, 15) is 4.79 Å². The molecule has 0 fully saturated rings. The Morgan fingerprint density at radius 1 is 1.06 bits per heavy atom. The highest BCUT2D eigenvalue weighted by atomic mass is 32.1. The molecule has 48 heavy (non-hydrogen) atoms. The Labute approximate surface area is 283 Å². The van der Waals surface area contributed by atoms with Crippen LogP contribution in [0.4, 0.5) is 11.5 Å². The van der Waals surface area contributed by atoms with E-state index in [0.29, 0.717) is 19.6 Å². The lowest BCUT2D eigenvalue weighted by Crippen LogP contribution is -2.34. The summed E-state index contributed by atoms with van der Waals surface area (Å²) in [5, 5.41) is 10.2. The van der Waals surface area contributed by atoms with E-state index in [4.69, 9.17) is 9.47 Å². The lowest BCUT2D eigenvalue weighted by atomic mass is 10.0. The zero-order valence-electron chi connectivity index (χ0n) is 27.4. The van der Waals surface area contributed by atoms with Gasteiger partial charge in [-0.1, -0.05) is 18.2 Å². The Morgan fingerprint density at radius 3 is 2.69 bits per heavy atom. The summed E-state index contributed by atoms with van der Waals surface area (Å²) in [6, 6.07) is 20.1. The van der Waals surface area contributed by atoms with Gasteiger partial charge < -0.3 is 24.6 Å². The van der Waals surface area contributed by atoms with Gasteiger partial charge in [-0.2, -0.15) is 5.10 Å². The van der Waals surface area contributed by atoms with Gasteiger partial charge in [0.2, 0.25) is 5.91 Å². The zero-order chi connectivity index (χ0) is 33.2. The summed E-state index contributed by atoms with van der Waals surface area (Å²) in [6.07, 6.45) is 7.83. The lowest BCUT2D eigenvalue weighted by molar-refractivity contribution is -0.126. The van der Waals surface area contributed by atoms with Gasteiger partial charge in [-0.05, 0) is 86.6 Å². The molecule has 0 unspecified atom stereocenters. The number of aromatic nitrogens is 4. The molecule has 0 radical (unpaired) electrons. The van der Waals surface area contributed by atoms with Gasteiger partial charge in [-0.25, -0.2) is 9.97 Å². The molecule has 0 atom stereocenters. The Morgan fingerprint density at radius 2 is 1.90 bits per heavy atom. The molecule has 7 rings (SSSR count). The zero-order valence-corrected chi connectivity index (χ0v) is 28.3. The number of hydrogen-bond acceptors (Lipinski definition) is 9. The summed E-state index contributed by atoms with van der Waals surface area (Å²) in [4.78, 5) is 28.0. The highest BCUT2D eigenvalue weighted by Gasteiger charge is 2.25. The van der Waals surface area contributed by atoms with Crippen LogP contribution >= 0.6 is 11.3 Å². The molecule has 4 heterocycles. The monoisotopic (exact) mass is 659 g/mol. The van der Waals surface area contributed by atoms with Gasteiger partial charge in [0.25, 0.3) is 0 Å². The first-order valence-electron chi connectivity index (χ1n) is 15.8. The highest BCUT2D eigenvalue weighted by Crippen LogP contribution is 2.39. The number of benzene rings is 3. The summed E-state index contributed by atoms with van der Waals surface area (Å²) in [5.41, 5.74) is 5.25. The molecule has 0 saturated carbocycles. The summed E-state index contributed by atoms with van der Waals surface area (Å²) in [7, 11) is 5.64. The number of carbonyl (C=O) groups is 1. The van der Waals surface area contributed by atoms with E-state index in [-0.39, 0.29) is 5.91 Å². The van der Waals surface area contributed by atoms with Crippen LogP contribution in [0.5, 0.6) is 17.2 Å². The maximum atomic E-state index is 12.8. The predicted octanol–water partition coefficient (Wildman–Crippen LogP) is 6.94. The van der Waals surface area contributed by atoms with E-state index < -0.39 is 0 Å². The minimum Gasteiger partial charge on any atom is -0.497 e. The molecule has 3 aromatic heterocycles. The number of ether oxygens (including phenoxy) is 2. The lowest BCUT2D eigenvalue weighted by Gasteiger charge is -2.26. The summed E-state index contributed by atoms with van der Waals surface area (Å²) < 4.78 is 13.6. The van der Waals surface area contributed by atoms with Gasteiger partial charge in [0.05, 0.1) is 37.3 Å². The van der Waals surface area contributed by atoms with Gasteiger partial charge in [0.15, 0.2) is 0 Å². The number of amides is 1. The second kappa shape index (κ2) is 13.5. The first-order valence-corrected chi connectivity index (χ1v) is 16.7. The number of rotatable bonds is 10. The third kappa shape index (κ3) is 6.60. The number of likely N-dealkylation sites (N-methyl/N-ethyl adjacent to an activating group) is 1. The molecule has 10 nitrogen and oxygen atoms in total. The average molecular weight is 660 g/mol. The highest BCUT2D eigenvalue weighted by molar-refractivity contribution is 7.19. The van der Waals surface area contributed by atoms with Crippen LogP contribution in [-0.2, 0) is 24.3 Å². The molecular formula is C37H37N7O3S.